The zero-order valence-electron chi connectivity index (χ0n) is 47.7. The van der Waals surface area contributed by atoms with Crippen molar-refractivity contribution in [3.8, 4) is 0 Å². The molecule has 0 saturated carbocycles. The number of aliphatic carboxylic acids is 1. The Morgan fingerprint density at radius 2 is 0.740 bits per heavy atom. The molecular weight excluding hydrogens is 911 g/mol. The standard InChI is InChI=1S/C64H111NO8/c1-6-8-10-12-14-16-18-20-21-22-23-24-25-26-27-28-29-30-31-32-33-34-35-36-37-38-39-40-41-43-45-47-49-51-53-55-62(67)73-60(59-72-64(63(68)69)70-57-56-65(3,4)5)58-71-61(66)54-52-50-48-46-44-42-19-17-15-13-11-9-7-2/h8-11,14-17,20-21,23-24,42,44,60,64H,6-7,12-13,18-19,22,25-41,43,45-59H2,1-5H3/b10-8-,11-9-,16-14-,17-15-,21-20-,24-23-,44-42-. The molecule has 0 fully saturated rings. The molecule has 0 amide bonds. The van der Waals surface area contributed by atoms with Crippen molar-refractivity contribution in [3.63, 3.8) is 0 Å². The Labute approximate surface area is 449 Å². The van der Waals surface area contributed by atoms with Crippen LogP contribution < -0.4 is 5.11 Å². The molecular formula is C64H111NO8. The minimum atomic E-state index is -1.63. The van der Waals surface area contributed by atoms with Gasteiger partial charge in [0.05, 0.1) is 40.3 Å². The highest BCUT2D eigenvalue weighted by atomic mass is 16.7. The van der Waals surface area contributed by atoms with Gasteiger partial charge in [0.2, 0.25) is 0 Å². The van der Waals surface area contributed by atoms with Crippen molar-refractivity contribution in [2.24, 2.45) is 0 Å². The lowest BCUT2D eigenvalue weighted by molar-refractivity contribution is -0.870. The normalized spacial score (nSPS) is 13.4. The van der Waals surface area contributed by atoms with E-state index in [0.717, 1.165) is 77.0 Å². The average Bonchev–Trinajstić information content (AvgIpc) is 3.36. The van der Waals surface area contributed by atoms with Gasteiger partial charge >= 0.3 is 11.9 Å². The number of hydrogen-bond donors (Lipinski definition) is 0. The molecule has 0 aromatic carbocycles. The van der Waals surface area contributed by atoms with Gasteiger partial charge in [-0.25, -0.2) is 0 Å². The van der Waals surface area contributed by atoms with Crippen molar-refractivity contribution in [3.05, 3.63) is 85.1 Å². The first-order valence-electron chi connectivity index (χ1n) is 29.7. The molecule has 73 heavy (non-hydrogen) atoms. The molecule has 9 heteroatoms. The summed E-state index contributed by atoms with van der Waals surface area (Å²) in [4.78, 5) is 37.2. The van der Waals surface area contributed by atoms with Crippen molar-refractivity contribution < 1.29 is 42.9 Å². The summed E-state index contributed by atoms with van der Waals surface area (Å²) < 4.78 is 22.6. The van der Waals surface area contributed by atoms with E-state index < -0.39 is 24.3 Å². The van der Waals surface area contributed by atoms with E-state index in [2.05, 4.69) is 98.9 Å². The number of quaternary nitrogens is 1. The van der Waals surface area contributed by atoms with Crippen molar-refractivity contribution in [1.29, 1.82) is 0 Å². The predicted molar refractivity (Wildman–Crippen MR) is 306 cm³/mol. The van der Waals surface area contributed by atoms with Gasteiger partial charge in [0, 0.05) is 12.8 Å². The third kappa shape index (κ3) is 56.0. The first kappa shape index (κ1) is 69.5. The summed E-state index contributed by atoms with van der Waals surface area (Å²) in [5, 5.41) is 11.8. The Balaban J connectivity index is 4.04. The number of unbranched alkanes of at least 4 members (excludes halogenated alkanes) is 25. The Kier molecular flexibility index (Phi) is 52.1. The predicted octanol–water partition coefficient (Wildman–Crippen LogP) is 16.2. The number of ether oxygens (including phenoxy) is 4. The lowest BCUT2D eigenvalue weighted by Crippen LogP contribution is -2.44. The first-order valence-corrected chi connectivity index (χ1v) is 29.7. The summed E-state index contributed by atoms with van der Waals surface area (Å²) in [5.41, 5.74) is 0. The summed E-state index contributed by atoms with van der Waals surface area (Å²) in [7, 11) is 5.91. The van der Waals surface area contributed by atoms with Gasteiger partial charge in [-0.05, 0) is 83.5 Å². The highest BCUT2D eigenvalue weighted by Gasteiger charge is 2.22. The van der Waals surface area contributed by atoms with E-state index in [1.165, 1.54) is 128 Å². The molecule has 0 rings (SSSR count). The quantitative estimate of drug-likeness (QED) is 0.0195. The van der Waals surface area contributed by atoms with E-state index in [1.54, 1.807) is 0 Å². The van der Waals surface area contributed by atoms with Crippen LogP contribution in [-0.2, 0) is 33.3 Å². The molecule has 0 aliphatic heterocycles. The zero-order valence-corrected chi connectivity index (χ0v) is 47.7. The van der Waals surface area contributed by atoms with Gasteiger partial charge < -0.3 is 33.3 Å². The second-order valence-corrected chi connectivity index (χ2v) is 20.9. The van der Waals surface area contributed by atoms with E-state index in [4.69, 9.17) is 18.9 Å². The number of hydrogen-bond acceptors (Lipinski definition) is 8. The van der Waals surface area contributed by atoms with Crippen molar-refractivity contribution in [2.45, 2.75) is 257 Å². The highest BCUT2D eigenvalue weighted by Crippen LogP contribution is 2.17. The number of likely N-dealkylation sites (N-methyl/N-ethyl adjacent to an activating group) is 1. The molecule has 0 aliphatic rings. The van der Waals surface area contributed by atoms with Crippen LogP contribution in [0.1, 0.15) is 245 Å². The number of carbonyl (C=O) groups is 3. The third-order valence-corrected chi connectivity index (χ3v) is 12.6. The highest BCUT2D eigenvalue weighted by molar-refractivity contribution is 5.70. The van der Waals surface area contributed by atoms with E-state index in [-0.39, 0.29) is 38.6 Å². The topological polar surface area (TPSA) is 111 Å². The second kappa shape index (κ2) is 54.7. The Morgan fingerprint density at radius 1 is 0.411 bits per heavy atom. The molecule has 0 heterocycles. The van der Waals surface area contributed by atoms with Gasteiger partial charge in [0.1, 0.15) is 13.2 Å². The van der Waals surface area contributed by atoms with E-state index in [1.807, 2.05) is 21.1 Å². The average molecular weight is 1020 g/mol. The van der Waals surface area contributed by atoms with Gasteiger partial charge in [-0.1, -0.05) is 234 Å². The molecule has 0 saturated heterocycles. The fourth-order valence-electron chi connectivity index (χ4n) is 8.13. The van der Waals surface area contributed by atoms with E-state index in [9.17, 15) is 19.5 Å². The van der Waals surface area contributed by atoms with E-state index in [0.29, 0.717) is 23.9 Å². The van der Waals surface area contributed by atoms with Gasteiger partial charge in [-0.2, -0.15) is 0 Å². The maximum absolute atomic E-state index is 12.8. The summed E-state index contributed by atoms with van der Waals surface area (Å²) >= 11 is 0. The minimum Gasteiger partial charge on any atom is -0.545 e. The van der Waals surface area contributed by atoms with Gasteiger partial charge in [0.15, 0.2) is 12.4 Å². The summed E-state index contributed by atoms with van der Waals surface area (Å²) in [6.07, 6.45) is 69.5. The molecule has 9 nitrogen and oxygen atoms in total. The van der Waals surface area contributed by atoms with Crippen LogP contribution in [0.25, 0.3) is 0 Å². The number of carboxylic acids is 1. The monoisotopic (exact) mass is 1020 g/mol. The summed E-state index contributed by atoms with van der Waals surface area (Å²) in [6.45, 7) is 4.49. The second-order valence-electron chi connectivity index (χ2n) is 20.9. The van der Waals surface area contributed by atoms with E-state index >= 15 is 0 Å². The number of nitrogens with zero attached hydrogens (tertiary/aromatic N) is 1. The number of carbonyl (C=O) groups excluding carboxylic acids is 3. The minimum absolute atomic E-state index is 0.141. The molecule has 0 N–H and O–H groups in total. The van der Waals surface area contributed by atoms with Crippen LogP contribution in [0.3, 0.4) is 0 Å². The summed E-state index contributed by atoms with van der Waals surface area (Å²) in [6, 6.07) is 0. The Bertz CT molecular complexity index is 1470. The van der Waals surface area contributed by atoms with Gasteiger partial charge in [-0.3, -0.25) is 9.59 Å². The molecule has 420 valence electrons. The fourth-order valence-corrected chi connectivity index (χ4v) is 8.13. The van der Waals surface area contributed by atoms with Crippen LogP contribution >= 0.6 is 0 Å². The summed E-state index contributed by atoms with van der Waals surface area (Å²) in [5.74, 6) is -2.32. The van der Waals surface area contributed by atoms with Crippen LogP contribution in [-0.4, -0.2) is 82.3 Å². The number of carboxylic acid groups (broad SMARTS) is 1. The van der Waals surface area contributed by atoms with Crippen LogP contribution in [0.15, 0.2) is 85.1 Å². The maximum Gasteiger partial charge on any atom is 0.306 e. The molecule has 0 aromatic rings. The Hall–Kier alpha value is -3.53. The van der Waals surface area contributed by atoms with Crippen molar-refractivity contribution in [2.75, 3.05) is 47.5 Å². The van der Waals surface area contributed by atoms with Crippen LogP contribution in [0, 0.1) is 0 Å². The lowest BCUT2D eigenvalue weighted by Gasteiger charge is -2.26. The molecule has 2 unspecified atom stereocenters. The van der Waals surface area contributed by atoms with Crippen LogP contribution in [0.5, 0.6) is 0 Å². The van der Waals surface area contributed by atoms with Gasteiger partial charge in [0.25, 0.3) is 0 Å². The van der Waals surface area contributed by atoms with Gasteiger partial charge in [-0.15, -0.1) is 0 Å². The number of allylic oxidation sites excluding steroid dienone is 14. The molecule has 0 aromatic heterocycles. The molecule has 2 atom stereocenters. The third-order valence-electron chi connectivity index (χ3n) is 12.6. The first-order chi connectivity index (χ1) is 35.6. The Morgan fingerprint density at radius 3 is 1.11 bits per heavy atom. The molecule has 0 bridgehead atoms. The zero-order chi connectivity index (χ0) is 53.4. The molecule has 0 aliphatic carbocycles. The molecule has 0 radical (unpaired) electrons. The fraction of sp³-hybridized carbons (Fsp3) is 0.734. The smallest absolute Gasteiger partial charge is 0.306 e. The number of rotatable bonds is 54. The molecule has 0 spiro atoms. The van der Waals surface area contributed by atoms with Crippen LogP contribution in [0.4, 0.5) is 0 Å². The number of esters is 2. The van der Waals surface area contributed by atoms with Crippen LogP contribution in [0.2, 0.25) is 0 Å². The van der Waals surface area contributed by atoms with Crippen molar-refractivity contribution >= 4 is 17.9 Å². The SMILES string of the molecule is CC/C=C\C/C=C\C/C=C\C/C=C\CCCCCCCCCCCCCCCCCCCCCCCCC(=O)OC(COC(=O)CCCCC/C=C\C/C=C\C/C=C\CC)COC(OCC[N+](C)(C)C)C(=O)[O-]. The largest absolute Gasteiger partial charge is 0.545 e. The van der Waals surface area contributed by atoms with Crippen molar-refractivity contribution in [1.82, 2.24) is 0 Å². The maximum atomic E-state index is 12.8. The lowest BCUT2D eigenvalue weighted by atomic mass is 10.0.